The van der Waals surface area contributed by atoms with Crippen LogP contribution in [-0.2, 0) is 12.8 Å². The molecule has 0 amide bonds. The first-order valence-electron chi connectivity index (χ1n) is 5.77. The van der Waals surface area contributed by atoms with Crippen LogP contribution in [0.2, 0.25) is 0 Å². The van der Waals surface area contributed by atoms with E-state index in [0.717, 1.165) is 17.1 Å². The van der Waals surface area contributed by atoms with Gasteiger partial charge in [-0.15, -0.1) is 0 Å². The van der Waals surface area contributed by atoms with Gasteiger partial charge in [-0.05, 0) is 12.1 Å². The first kappa shape index (κ1) is 11.3. The van der Waals surface area contributed by atoms with Gasteiger partial charge in [-0.1, -0.05) is 18.2 Å². The van der Waals surface area contributed by atoms with Crippen LogP contribution in [0.4, 0.5) is 0 Å². The summed E-state index contributed by atoms with van der Waals surface area (Å²) in [6.07, 6.45) is 3.89. The number of benzene rings is 1. The Morgan fingerprint density at radius 2 is 2.06 bits per heavy atom. The van der Waals surface area contributed by atoms with Crippen molar-refractivity contribution in [2.45, 2.75) is 5.75 Å². The second-order valence-corrected chi connectivity index (χ2v) is 4.50. The summed E-state index contributed by atoms with van der Waals surface area (Å²) in [5.41, 5.74) is 3.29. The zero-order valence-electron chi connectivity index (χ0n) is 10.0. The summed E-state index contributed by atoms with van der Waals surface area (Å²) in [6, 6.07) is 10.3. The molecule has 0 atom stereocenters. The first-order chi connectivity index (χ1) is 8.79. The average Bonchev–Trinajstić information content (AvgIpc) is 2.77. The van der Waals surface area contributed by atoms with Crippen LogP contribution in [0.15, 0.2) is 42.7 Å². The number of aryl methyl sites for hydroxylation is 1. The van der Waals surface area contributed by atoms with E-state index >= 15 is 0 Å². The first-order valence-corrected chi connectivity index (χ1v) is 6.40. The monoisotopic (exact) mass is 255 g/mol. The van der Waals surface area contributed by atoms with E-state index in [4.69, 9.17) is 0 Å². The van der Waals surface area contributed by atoms with Crippen molar-refractivity contribution >= 4 is 23.5 Å². The fraction of sp³-hybridized carbons (Fsp3) is 0.143. The molecule has 0 bridgehead atoms. The Kier molecular flexibility index (Phi) is 2.80. The van der Waals surface area contributed by atoms with E-state index in [1.165, 1.54) is 10.9 Å². The molecule has 3 nitrogen and oxygen atoms in total. The highest BCUT2D eigenvalue weighted by molar-refractivity contribution is 7.79. The van der Waals surface area contributed by atoms with Crippen LogP contribution in [0.5, 0.6) is 0 Å². The van der Waals surface area contributed by atoms with Crippen molar-refractivity contribution in [1.82, 2.24) is 14.5 Å². The summed E-state index contributed by atoms with van der Waals surface area (Å²) in [5.74, 6) is 1.31. The summed E-state index contributed by atoms with van der Waals surface area (Å²) in [5, 5.41) is 1.21. The van der Waals surface area contributed by atoms with Crippen LogP contribution in [0.25, 0.3) is 22.2 Å². The van der Waals surface area contributed by atoms with Gasteiger partial charge >= 0.3 is 0 Å². The quantitative estimate of drug-likeness (QED) is 0.713. The van der Waals surface area contributed by atoms with Crippen molar-refractivity contribution in [2.24, 2.45) is 7.05 Å². The van der Waals surface area contributed by atoms with E-state index in [2.05, 4.69) is 45.5 Å². The maximum absolute atomic E-state index is 4.52. The van der Waals surface area contributed by atoms with Crippen molar-refractivity contribution in [3.63, 3.8) is 0 Å². The molecule has 0 radical (unpaired) electrons. The fourth-order valence-electron chi connectivity index (χ4n) is 2.17. The molecule has 2 aromatic heterocycles. The molecule has 0 spiro atoms. The van der Waals surface area contributed by atoms with E-state index in [-0.39, 0.29) is 0 Å². The van der Waals surface area contributed by atoms with Gasteiger partial charge in [0.15, 0.2) is 0 Å². The standard InChI is InChI=1S/C14H13N3S/c1-17-8-11(10-4-2-3-5-13(10)17)12-6-7-15-14(9-18)16-12/h2-8,18H,9H2,1H3. The Hall–Kier alpha value is -1.81. The minimum Gasteiger partial charge on any atom is -0.350 e. The van der Waals surface area contributed by atoms with Crippen LogP contribution < -0.4 is 0 Å². The maximum atomic E-state index is 4.52. The summed E-state index contributed by atoms with van der Waals surface area (Å²) in [7, 11) is 2.05. The number of para-hydroxylation sites is 1. The van der Waals surface area contributed by atoms with Crippen LogP contribution in [0.3, 0.4) is 0 Å². The predicted molar refractivity (Wildman–Crippen MR) is 76.6 cm³/mol. The van der Waals surface area contributed by atoms with Gasteiger partial charge < -0.3 is 4.57 Å². The van der Waals surface area contributed by atoms with Crippen LogP contribution >= 0.6 is 12.6 Å². The number of rotatable bonds is 2. The maximum Gasteiger partial charge on any atom is 0.138 e. The molecule has 90 valence electrons. The second-order valence-electron chi connectivity index (χ2n) is 4.19. The molecule has 18 heavy (non-hydrogen) atoms. The van der Waals surface area contributed by atoms with Gasteiger partial charge in [0.2, 0.25) is 0 Å². The topological polar surface area (TPSA) is 30.7 Å². The second kappa shape index (κ2) is 4.46. The van der Waals surface area contributed by atoms with E-state index in [1.807, 2.05) is 25.2 Å². The van der Waals surface area contributed by atoms with Crippen molar-refractivity contribution in [3.8, 4) is 11.3 Å². The number of fused-ring (bicyclic) bond motifs is 1. The lowest BCUT2D eigenvalue weighted by molar-refractivity contribution is 0.967. The number of nitrogens with zero attached hydrogens (tertiary/aromatic N) is 3. The molecule has 2 heterocycles. The Morgan fingerprint density at radius 1 is 1.22 bits per heavy atom. The van der Waals surface area contributed by atoms with Crippen LogP contribution in [0.1, 0.15) is 5.82 Å². The van der Waals surface area contributed by atoms with Gasteiger partial charge in [0.25, 0.3) is 0 Å². The minimum atomic E-state index is 0.554. The summed E-state index contributed by atoms with van der Waals surface area (Å²) >= 11 is 4.22. The Balaban J connectivity index is 2.25. The van der Waals surface area contributed by atoms with Crippen LogP contribution in [-0.4, -0.2) is 14.5 Å². The number of aromatic nitrogens is 3. The third-order valence-electron chi connectivity index (χ3n) is 3.02. The van der Waals surface area contributed by atoms with Gasteiger partial charge in [-0.25, -0.2) is 9.97 Å². The lowest BCUT2D eigenvalue weighted by Crippen LogP contribution is -1.92. The molecule has 0 aliphatic rings. The lowest BCUT2D eigenvalue weighted by Gasteiger charge is -2.00. The van der Waals surface area contributed by atoms with Crippen molar-refractivity contribution in [2.75, 3.05) is 0 Å². The van der Waals surface area contributed by atoms with E-state index in [0.29, 0.717) is 5.75 Å². The lowest BCUT2D eigenvalue weighted by atomic mass is 10.1. The molecule has 3 aromatic rings. The molecule has 0 aliphatic heterocycles. The zero-order valence-corrected chi connectivity index (χ0v) is 10.9. The van der Waals surface area contributed by atoms with E-state index in [1.54, 1.807) is 6.20 Å². The van der Waals surface area contributed by atoms with Gasteiger partial charge in [-0.3, -0.25) is 0 Å². The fourth-order valence-corrected chi connectivity index (χ4v) is 2.32. The molecular formula is C14H13N3S. The summed E-state index contributed by atoms with van der Waals surface area (Å²) < 4.78 is 2.12. The highest BCUT2D eigenvalue weighted by Gasteiger charge is 2.09. The predicted octanol–water partition coefficient (Wildman–Crippen LogP) is 3.07. The number of thiol groups is 1. The zero-order chi connectivity index (χ0) is 12.5. The molecule has 1 aromatic carbocycles. The van der Waals surface area contributed by atoms with E-state index in [9.17, 15) is 0 Å². The summed E-state index contributed by atoms with van der Waals surface area (Å²) in [6.45, 7) is 0. The highest BCUT2D eigenvalue weighted by atomic mass is 32.1. The van der Waals surface area contributed by atoms with Gasteiger partial charge in [0, 0.05) is 35.9 Å². The van der Waals surface area contributed by atoms with Gasteiger partial charge in [0.05, 0.1) is 11.4 Å². The molecule has 0 saturated heterocycles. The molecule has 0 unspecified atom stereocenters. The van der Waals surface area contributed by atoms with Crippen molar-refractivity contribution in [1.29, 1.82) is 0 Å². The number of hydrogen-bond donors (Lipinski definition) is 1. The molecular weight excluding hydrogens is 242 g/mol. The third-order valence-corrected chi connectivity index (χ3v) is 3.30. The van der Waals surface area contributed by atoms with Crippen molar-refractivity contribution < 1.29 is 0 Å². The normalized spacial score (nSPS) is 11.0. The highest BCUT2D eigenvalue weighted by Crippen LogP contribution is 2.28. The van der Waals surface area contributed by atoms with Gasteiger partial charge in [-0.2, -0.15) is 12.6 Å². The third kappa shape index (κ3) is 1.78. The Morgan fingerprint density at radius 3 is 2.89 bits per heavy atom. The van der Waals surface area contributed by atoms with Crippen LogP contribution in [0, 0.1) is 0 Å². The molecule has 0 fully saturated rings. The Labute approximate surface area is 111 Å². The smallest absolute Gasteiger partial charge is 0.138 e. The molecule has 3 rings (SSSR count). The average molecular weight is 255 g/mol. The SMILES string of the molecule is Cn1cc(-c2ccnc(CS)n2)c2ccccc21. The minimum absolute atomic E-state index is 0.554. The van der Waals surface area contributed by atoms with Gasteiger partial charge in [0.1, 0.15) is 5.82 Å². The summed E-state index contributed by atoms with van der Waals surface area (Å²) in [4.78, 5) is 8.70. The number of hydrogen-bond acceptors (Lipinski definition) is 3. The Bertz CT molecular complexity index is 703. The molecule has 0 saturated carbocycles. The van der Waals surface area contributed by atoms with E-state index < -0.39 is 0 Å². The molecule has 0 N–H and O–H groups in total. The largest absolute Gasteiger partial charge is 0.350 e. The molecule has 4 heteroatoms. The molecule has 0 aliphatic carbocycles. The van der Waals surface area contributed by atoms with Crippen molar-refractivity contribution in [3.05, 3.63) is 48.5 Å².